The van der Waals surface area contributed by atoms with E-state index in [9.17, 15) is 10.1 Å². The van der Waals surface area contributed by atoms with Gasteiger partial charge < -0.3 is 10.1 Å². The molecule has 0 unspecified atom stereocenters. The summed E-state index contributed by atoms with van der Waals surface area (Å²) in [5.74, 6) is 0.463. The summed E-state index contributed by atoms with van der Waals surface area (Å²) < 4.78 is 6.96. The van der Waals surface area contributed by atoms with Crippen molar-refractivity contribution >= 4 is 11.5 Å². The van der Waals surface area contributed by atoms with Crippen LogP contribution in [0.3, 0.4) is 0 Å². The molecule has 1 aromatic rings. The van der Waals surface area contributed by atoms with Gasteiger partial charge in [-0.3, -0.25) is 15.0 Å². The lowest BCUT2D eigenvalue weighted by molar-refractivity contribution is -0.384. The number of rotatable bonds is 5. The smallest absolute Gasteiger partial charge is 0.333 e. The summed E-state index contributed by atoms with van der Waals surface area (Å²) in [5.41, 5.74) is 0.483. The molecule has 21 heavy (non-hydrogen) atoms. The number of ether oxygens (including phenoxy) is 1. The molecule has 2 heterocycles. The van der Waals surface area contributed by atoms with Crippen LogP contribution >= 0.6 is 0 Å². The highest BCUT2D eigenvalue weighted by Crippen LogP contribution is 2.27. The summed E-state index contributed by atoms with van der Waals surface area (Å²) >= 11 is 0. The second-order valence-corrected chi connectivity index (χ2v) is 5.56. The molecule has 1 fully saturated rings. The molecule has 118 valence electrons. The summed E-state index contributed by atoms with van der Waals surface area (Å²) in [6.45, 7) is 8.88. The van der Waals surface area contributed by atoms with Crippen molar-refractivity contribution in [1.29, 1.82) is 0 Å². The molecule has 2 atom stereocenters. The Kier molecular flexibility index (Phi) is 4.79. The number of hydrogen-bond donors (Lipinski definition) is 1. The fraction of sp³-hybridized carbons (Fsp3) is 0.769. The number of nitrogens with zero attached hydrogens (tertiary/aromatic N) is 4. The van der Waals surface area contributed by atoms with Gasteiger partial charge in [-0.1, -0.05) is 0 Å². The third-order valence-corrected chi connectivity index (χ3v) is 3.92. The Morgan fingerprint density at radius 2 is 2.33 bits per heavy atom. The zero-order valence-electron chi connectivity index (χ0n) is 13.0. The van der Waals surface area contributed by atoms with Gasteiger partial charge in [0.1, 0.15) is 5.69 Å². The van der Waals surface area contributed by atoms with Crippen molar-refractivity contribution in [2.24, 2.45) is 7.05 Å². The number of hydrogen-bond acceptors (Lipinski definition) is 6. The molecular weight excluding hydrogens is 274 g/mol. The minimum absolute atomic E-state index is 0.0553. The Morgan fingerprint density at radius 3 is 2.95 bits per heavy atom. The van der Waals surface area contributed by atoms with Gasteiger partial charge in [0.05, 0.1) is 18.1 Å². The molecule has 0 amide bonds. The first-order chi connectivity index (χ1) is 9.91. The predicted octanol–water partition coefficient (Wildman–Crippen LogP) is 1.16. The number of anilines is 1. The largest absolute Gasteiger partial charge is 0.379 e. The first kappa shape index (κ1) is 15.7. The highest BCUT2D eigenvalue weighted by Gasteiger charge is 2.27. The van der Waals surface area contributed by atoms with Gasteiger partial charge in [-0.15, -0.1) is 0 Å². The second kappa shape index (κ2) is 6.40. The van der Waals surface area contributed by atoms with E-state index in [4.69, 9.17) is 4.74 Å². The van der Waals surface area contributed by atoms with Gasteiger partial charge in [0, 0.05) is 32.2 Å². The van der Waals surface area contributed by atoms with Crippen molar-refractivity contribution in [2.75, 3.05) is 31.6 Å². The third kappa shape index (κ3) is 3.33. The van der Waals surface area contributed by atoms with Crippen LogP contribution in [-0.4, -0.2) is 58.0 Å². The zero-order valence-corrected chi connectivity index (χ0v) is 13.0. The van der Waals surface area contributed by atoms with Crippen LogP contribution in [0.1, 0.15) is 19.5 Å². The first-order valence-electron chi connectivity index (χ1n) is 7.17. The SMILES string of the molecule is Cc1nn(C)c(NC[C@H](C)N2CCOC[C@@H]2C)c1[N+](=O)[O-]. The van der Waals surface area contributed by atoms with E-state index in [0.717, 1.165) is 19.8 Å². The zero-order chi connectivity index (χ0) is 15.6. The molecule has 0 aromatic carbocycles. The van der Waals surface area contributed by atoms with Crippen LogP contribution in [-0.2, 0) is 11.8 Å². The molecule has 1 saturated heterocycles. The van der Waals surface area contributed by atoms with Crippen LogP contribution in [0.5, 0.6) is 0 Å². The first-order valence-corrected chi connectivity index (χ1v) is 7.17. The van der Waals surface area contributed by atoms with E-state index in [2.05, 4.69) is 29.2 Å². The lowest BCUT2D eigenvalue weighted by Crippen LogP contribution is -2.50. The summed E-state index contributed by atoms with van der Waals surface area (Å²) in [6, 6.07) is 0.623. The topological polar surface area (TPSA) is 85.5 Å². The highest BCUT2D eigenvalue weighted by molar-refractivity contribution is 5.59. The van der Waals surface area contributed by atoms with Crippen LogP contribution < -0.4 is 5.32 Å². The molecule has 0 radical (unpaired) electrons. The van der Waals surface area contributed by atoms with Crippen LogP contribution in [0.4, 0.5) is 11.5 Å². The molecule has 1 N–H and O–H groups in total. The number of nitro groups is 1. The van der Waals surface area contributed by atoms with Crippen molar-refractivity contribution in [3.8, 4) is 0 Å². The molecule has 1 aliphatic rings. The van der Waals surface area contributed by atoms with Crippen LogP contribution in [0.15, 0.2) is 0 Å². The Balaban J connectivity index is 2.04. The van der Waals surface area contributed by atoms with Gasteiger partial charge in [0.2, 0.25) is 5.82 Å². The van der Waals surface area contributed by atoms with Crippen LogP contribution in [0.2, 0.25) is 0 Å². The van der Waals surface area contributed by atoms with E-state index >= 15 is 0 Å². The minimum Gasteiger partial charge on any atom is -0.379 e. The third-order valence-electron chi connectivity index (χ3n) is 3.92. The lowest BCUT2D eigenvalue weighted by atomic mass is 10.2. The Labute approximate surface area is 124 Å². The van der Waals surface area contributed by atoms with Gasteiger partial charge in [-0.25, -0.2) is 4.68 Å². The Hall–Kier alpha value is -1.67. The summed E-state index contributed by atoms with van der Waals surface area (Å²) in [4.78, 5) is 13.1. The van der Waals surface area contributed by atoms with E-state index in [0.29, 0.717) is 24.1 Å². The molecule has 1 aromatic heterocycles. The molecule has 8 nitrogen and oxygen atoms in total. The normalized spacial score (nSPS) is 21.2. The second-order valence-electron chi connectivity index (χ2n) is 5.56. The monoisotopic (exact) mass is 297 g/mol. The van der Waals surface area contributed by atoms with Gasteiger partial charge in [0.15, 0.2) is 0 Å². The van der Waals surface area contributed by atoms with Crippen molar-refractivity contribution in [3.63, 3.8) is 0 Å². The van der Waals surface area contributed by atoms with Crippen molar-refractivity contribution in [2.45, 2.75) is 32.9 Å². The fourth-order valence-electron chi connectivity index (χ4n) is 2.82. The molecule has 0 saturated carbocycles. The van der Waals surface area contributed by atoms with Crippen LogP contribution in [0, 0.1) is 17.0 Å². The van der Waals surface area contributed by atoms with Gasteiger partial charge in [-0.2, -0.15) is 5.10 Å². The van der Waals surface area contributed by atoms with Gasteiger partial charge in [0.25, 0.3) is 0 Å². The summed E-state index contributed by atoms with van der Waals surface area (Å²) in [6.07, 6.45) is 0. The maximum absolute atomic E-state index is 11.1. The molecule has 0 bridgehead atoms. The van der Waals surface area contributed by atoms with Crippen molar-refractivity contribution < 1.29 is 9.66 Å². The van der Waals surface area contributed by atoms with Crippen LogP contribution in [0.25, 0.3) is 0 Å². The van der Waals surface area contributed by atoms with E-state index in [1.165, 1.54) is 4.68 Å². The standard InChI is InChI=1S/C13H23N5O3/c1-9(17-5-6-21-8-10(17)2)7-14-13-12(18(19)20)11(3)15-16(13)4/h9-10,14H,5-8H2,1-4H3/t9-,10-/m0/s1. The number of nitrogens with one attached hydrogen (secondary N) is 1. The lowest BCUT2D eigenvalue weighted by Gasteiger charge is -2.37. The minimum atomic E-state index is -0.382. The number of aromatic nitrogens is 2. The Bertz CT molecular complexity index is 516. The molecular formula is C13H23N5O3. The molecule has 8 heteroatoms. The van der Waals surface area contributed by atoms with E-state index < -0.39 is 0 Å². The van der Waals surface area contributed by atoms with E-state index in [1.807, 2.05) is 0 Å². The molecule has 1 aliphatic heterocycles. The van der Waals surface area contributed by atoms with Gasteiger partial charge >= 0.3 is 5.69 Å². The maximum Gasteiger partial charge on any atom is 0.333 e. The molecule has 0 aliphatic carbocycles. The van der Waals surface area contributed by atoms with E-state index in [1.54, 1.807) is 14.0 Å². The average Bonchev–Trinajstić information content (AvgIpc) is 2.70. The predicted molar refractivity (Wildman–Crippen MR) is 79.5 cm³/mol. The summed E-state index contributed by atoms with van der Waals surface area (Å²) in [5, 5.41) is 18.4. The fourth-order valence-corrected chi connectivity index (χ4v) is 2.82. The van der Waals surface area contributed by atoms with Crippen molar-refractivity contribution in [1.82, 2.24) is 14.7 Å². The summed E-state index contributed by atoms with van der Waals surface area (Å²) in [7, 11) is 1.71. The maximum atomic E-state index is 11.1. The van der Waals surface area contributed by atoms with Gasteiger partial charge in [-0.05, 0) is 20.8 Å². The average molecular weight is 297 g/mol. The highest BCUT2D eigenvalue weighted by atomic mass is 16.6. The Morgan fingerprint density at radius 1 is 1.62 bits per heavy atom. The van der Waals surface area contributed by atoms with E-state index in [-0.39, 0.29) is 16.7 Å². The number of morpholine rings is 1. The van der Waals surface area contributed by atoms with Crippen molar-refractivity contribution in [3.05, 3.63) is 15.8 Å². The number of aryl methyl sites for hydroxylation is 2. The quantitative estimate of drug-likeness (QED) is 0.648. The molecule has 0 spiro atoms. The molecule has 2 rings (SSSR count).